The number of aliphatic carboxylic acids is 1. The van der Waals surface area contributed by atoms with Gasteiger partial charge in [0.15, 0.2) is 11.5 Å². The van der Waals surface area contributed by atoms with Crippen molar-refractivity contribution < 1.29 is 18.8 Å². The highest BCUT2D eigenvalue weighted by molar-refractivity contribution is 5.74. The second-order valence-electron chi connectivity index (χ2n) is 10.4. The number of carboxylic acids is 1. The predicted octanol–water partition coefficient (Wildman–Crippen LogP) is 4.60. The number of pyridine rings is 1. The van der Waals surface area contributed by atoms with E-state index in [1.807, 2.05) is 12.1 Å². The number of allylic oxidation sites excluding steroid dienone is 6. The summed E-state index contributed by atoms with van der Waals surface area (Å²) in [5, 5.41) is 25.6. The molecule has 40 heavy (non-hydrogen) atoms. The van der Waals surface area contributed by atoms with Gasteiger partial charge in [0.25, 0.3) is 5.89 Å². The predicted molar refractivity (Wildman–Crippen MR) is 145 cm³/mol. The van der Waals surface area contributed by atoms with Crippen molar-refractivity contribution in [1.82, 2.24) is 35.4 Å². The van der Waals surface area contributed by atoms with Gasteiger partial charge >= 0.3 is 5.97 Å². The van der Waals surface area contributed by atoms with Crippen molar-refractivity contribution in [3.8, 4) is 22.8 Å². The van der Waals surface area contributed by atoms with Gasteiger partial charge in [-0.25, -0.2) is 9.07 Å². The van der Waals surface area contributed by atoms with Gasteiger partial charge in [-0.1, -0.05) is 46.8 Å². The largest absolute Gasteiger partial charge is 0.481 e. The van der Waals surface area contributed by atoms with Crippen LogP contribution < -0.4 is 5.32 Å². The van der Waals surface area contributed by atoms with E-state index in [1.54, 1.807) is 35.3 Å². The Morgan fingerprint density at radius 2 is 1.93 bits per heavy atom. The summed E-state index contributed by atoms with van der Waals surface area (Å²) >= 11 is 0. The monoisotopic (exact) mass is 543 g/mol. The van der Waals surface area contributed by atoms with Crippen LogP contribution in [0, 0.1) is 5.92 Å². The Hall–Kier alpha value is -4.25. The number of halogens is 1. The van der Waals surface area contributed by atoms with E-state index in [-0.39, 0.29) is 17.7 Å². The fourth-order valence-corrected chi connectivity index (χ4v) is 5.49. The smallest absolute Gasteiger partial charge is 0.306 e. The van der Waals surface area contributed by atoms with Gasteiger partial charge in [0, 0.05) is 36.5 Å². The van der Waals surface area contributed by atoms with Crippen LogP contribution in [0.2, 0.25) is 0 Å². The normalized spacial score (nSPS) is 26.1. The van der Waals surface area contributed by atoms with E-state index in [9.17, 15) is 14.3 Å². The highest BCUT2D eigenvalue weighted by Crippen LogP contribution is 2.35. The molecule has 0 aromatic carbocycles. The number of carboxylic acid groups (broad SMARTS) is 1. The molecule has 3 atom stereocenters. The number of alkyl halides is 1. The van der Waals surface area contributed by atoms with Gasteiger partial charge in [0.2, 0.25) is 0 Å². The van der Waals surface area contributed by atoms with Crippen LogP contribution >= 0.6 is 0 Å². The molecule has 3 aromatic heterocycles. The minimum atomic E-state index is -1.25. The van der Waals surface area contributed by atoms with E-state index in [4.69, 9.17) is 4.52 Å². The minimum absolute atomic E-state index is 0.0479. The van der Waals surface area contributed by atoms with Crippen LogP contribution in [-0.4, -0.2) is 60.0 Å². The zero-order chi connectivity index (χ0) is 27.5. The fraction of sp³-hybridized carbons (Fsp3) is 0.379. The SMILES string of the molecule is O=C(O)C1CCC(NCC2=CCC(c3noc(-c4nnn(C5C=CC=CC5F)c4-c4ccncc4)n3)C=C2)CC1. The second-order valence-corrected chi connectivity index (χ2v) is 10.4. The van der Waals surface area contributed by atoms with Crippen molar-refractivity contribution in [3.63, 3.8) is 0 Å². The number of carbonyl (C=O) groups is 1. The van der Waals surface area contributed by atoms with Gasteiger partial charge < -0.3 is 14.9 Å². The molecule has 3 unspecified atom stereocenters. The van der Waals surface area contributed by atoms with Gasteiger partial charge in [-0.05, 0) is 55.9 Å². The summed E-state index contributed by atoms with van der Waals surface area (Å²) in [5.74, 6) is -0.174. The van der Waals surface area contributed by atoms with Crippen molar-refractivity contribution in [2.24, 2.45) is 5.92 Å². The number of hydrogen-bond donors (Lipinski definition) is 2. The quantitative estimate of drug-likeness (QED) is 0.418. The second kappa shape index (κ2) is 11.5. The summed E-state index contributed by atoms with van der Waals surface area (Å²) < 4.78 is 22.0. The first-order valence-electron chi connectivity index (χ1n) is 13.6. The summed E-state index contributed by atoms with van der Waals surface area (Å²) in [7, 11) is 0. The molecular formula is C29H30FN7O3. The van der Waals surface area contributed by atoms with Crippen LogP contribution in [0.4, 0.5) is 4.39 Å². The maximum absolute atomic E-state index is 14.8. The van der Waals surface area contributed by atoms with E-state index in [1.165, 1.54) is 11.6 Å². The maximum atomic E-state index is 14.8. The fourth-order valence-electron chi connectivity index (χ4n) is 5.49. The van der Waals surface area contributed by atoms with Gasteiger partial charge in [0.05, 0.1) is 5.92 Å². The van der Waals surface area contributed by atoms with Crippen LogP contribution in [-0.2, 0) is 4.79 Å². The number of aromatic nitrogens is 6. The summed E-state index contributed by atoms with van der Waals surface area (Å²) in [5.41, 5.74) is 2.91. The molecule has 1 saturated carbocycles. The third-order valence-corrected chi connectivity index (χ3v) is 7.80. The number of nitrogens with one attached hydrogen (secondary N) is 1. The van der Waals surface area contributed by atoms with Crippen LogP contribution in [0.15, 0.2) is 77.2 Å². The molecule has 1 fully saturated rings. The topological polar surface area (TPSA) is 132 Å². The molecule has 3 aliphatic carbocycles. The molecular weight excluding hydrogens is 513 g/mol. The lowest BCUT2D eigenvalue weighted by Crippen LogP contribution is -2.35. The standard InChI is InChI=1S/C29H30FN7O3/c30-23-3-1-2-4-24(23)37-26(19-13-15-31-16-14-19)25(34-36-37)28-33-27(35-40-28)20-7-5-18(6-8-20)17-32-22-11-9-21(10-12-22)29(38)39/h1-7,13-16,20-24,32H,8-12,17H2,(H,38,39). The van der Waals surface area contributed by atoms with Crippen LogP contribution in [0.5, 0.6) is 0 Å². The van der Waals surface area contributed by atoms with E-state index in [0.29, 0.717) is 23.3 Å². The minimum Gasteiger partial charge on any atom is -0.481 e. The Morgan fingerprint density at radius 1 is 1.12 bits per heavy atom. The van der Waals surface area contributed by atoms with Crippen molar-refractivity contribution >= 4 is 5.97 Å². The lowest BCUT2D eigenvalue weighted by molar-refractivity contribution is -0.142. The Bertz CT molecular complexity index is 1470. The lowest BCUT2D eigenvalue weighted by Gasteiger charge is -2.27. The summed E-state index contributed by atoms with van der Waals surface area (Å²) in [6.45, 7) is 0.738. The molecule has 206 valence electrons. The molecule has 11 heteroatoms. The molecule has 3 aliphatic rings. The molecule has 10 nitrogen and oxygen atoms in total. The molecule has 2 N–H and O–H groups in total. The first kappa shape index (κ1) is 26.0. The zero-order valence-corrected chi connectivity index (χ0v) is 21.8. The third kappa shape index (κ3) is 5.42. The molecule has 0 aliphatic heterocycles. The van der Waals surface area contributed by atoms with E-state index >= 15 is 0 Å². The van der Waals surface area contributed by atoms with E-state index in [2.05, 4.69) is 49.0 Å². The van der Waals surface area contributed by atoms with Crippen LogP contribution in [0.1, 0.15) is 49.9 Å². The van der Waals surface area contributed by atoms with Gasteiger partial charge in [0.1, 0.15) is 17.9 Å². The highest BCUT2D eigenvalue weighted by atomic mass is 19.1. The van der Waals surface area contributed by atoms with Crippen molar-refractivity contribution in [1.29, 1.82) is 0 Å². The number of nitrogens with zero attached hydrogens (tertiary/aromatic N) is 6. The van der Waals surface area contributed by atoms with Gasteiger partial charge in [-0.3, -0.25) is 9.78 Å². The van der Waals surface area contributed by atoms with Crippen molar-refractivity contribution in [3.05, 3.63) is 78.5 Å². The Labute approximate surface area is 230 Å². The Kier molecular flexibility index (Phi) is 7.45. The zero-order valence-electron chi connectivity index (χ0n) is 21.8. The van der Waals surface area contributed by atoms with Crippen molar-refractivity contribution in [2.45, 2.75) is 56.3 Å². The Morgan fingerprint density at radius 3 is 2.65 bits per heavy atom. The molecule has 0 bridgehead atoms. The number of hydrogen-bond acceptors (Lipinski definition) is 8. The highest BCUT2D eigenvalue weighted by Gasteiger charge is 2.30. The number of rotatable bonds is 8. The molecule has 0 radical (unpaired) electrons. The van der Waals surface area contributed by atoms with Gasteiger partial charge in [-0.2, -0.15) is 4.98 Å². The van der Waals surface area contributed by atoms with E-state index < -0.39 is 18.2 Å². The molecule has 3 aromatic rings. The van der Waals surface area contributed by atoms with E-state index in [0.717, 1.165) is 44.2 Å². The summed E-state index contributed by atoms with van der Waals surface area (Å²) in [6.07, 6.45) is 19.0. The van der Waals surface area contributed by atoms with Crippen LogP contribution in [0.3, 0.4) is 0 Å². The summed E-state index contributed by atoms with van der Waals surface area (Å²) in [4.78, 5) is 19.9. The first-order valence-corrected chi connectivity index (χ1v) is 13.6. The molecule has 0 spiro atoms. The Balaban J connectivity index is 1.15. The molecule has 6 rings (SSSR count). The average molecular weight is 544 g/mol. The average Bonchev–Trinajstić information content (AvgIpc) is 3.65. The van der Waals surface area contributed by atoms with Crippen molar-refractivity contribution in [2.75, 3.05) is 6.54 Å². The summed E-state index contributed by atoms with van der Waals surface area (Å²) in [6, 6.07) is 3.32. The maximum Gasteiger partial charge on any atom is 0.306 e. The molecule has 0 saturated heterocycles. The lowest BCUT2D eigenvalue weighted by atomic mass is 9.86. The molecule has 3 heterocycles. The third-order valence-electron chi connectivity index (χ3n) is 7.80. The van der Waals surface area contributed by atoms with Gasteiger partial charge in [-0.15, -0.1) is 5.10 Å². The molecule has 0 amide bonds. The first-order chi connectivity index (χ1) is 19.6. The van der Waals surface area contributed by atoms with Crippen LogP contribution in [0.25, 0.3) is 22.8 Å².